The van der Waals surface area contributed by atoms with Crippen LogP contribution < -0.4 is 9.64 Å². The van der Waals surface area contributed by atoms with Crippen molar-refractivity contribution in [2.75, 3.05) is 31.6 Å². The Hall–Kier alpha value is -2.31. The first-order valence-electron chi connectivity index (χ1n) is 8.69. The zero-order valence-electron chi connectivity index (χ0n) is 15.1. The van der Waals surface area contributed by atoms with Gasteiger partial charge in [0.25, 0.3) is 0 Å². The Morgan fingerprint density at radius 1 is 1.15 bits per heavy atom. The summed E-state index contributed by atoms with van der Waals surface area (Å²) in [7, 11) is -1.92. The molecule has 0 aliphatic carbocycles. The van der Waals surface area contributed by atoms with E-state index in [1.807, 2.05) is 54.6 Å². The van der Waals surface area contributed by atoms with E-state index in [1.54, 1.807) is 13.1 Å². The molecule has 1 aliphatic heterocycles. The van der Waals surface area contributed by atoms with Gasteiger partial charge in [0.15, 0.2) is 0 Å². The van der Waals surface area contributed by atoms with Gasteiger partial charge in [0.05, 0.1) is 18.8 Å². The zero-order valence-corrected chi connectivity index (χ0v) is 15.9. The Balaban J connectivity index is 1.69. The number of para-hydroxylation sites is 2. The van der Waals surface area contributed by atoms with Crippen LogP contribution in [-0.2, 0) is 10.0 Å². The molecule has 0 saturated carbocycles. The fraction of sp³-hybridized carbons (Fsp3) is 0.300. The summed E-state index contributed by atoms with van der Waals surface area (Å²) in [5, 5.41) is 1.25. The maximum Gasteiger partial charge on any atom is 0.236 e. The maximum absolute atomic E-state index is 12.5. The lowest BCUT2D eigenvalue weighted by Crippen LogP contribution is -2.46. The highest BCUT2D eigenvalue weighted by Crippen LogP contribution is 2.33. The number of nitrogens with zero attached hydrogens (tertiary/aromatic N) is 2. The van der Waals surface area contributed by atoms with E-state index in [4.69, 9.17) is 4.74 Å². The van der Waals surface area contributed by atoms with Crippen molar-refractivity contribution >= 4 is 21.8 Å². The summed E-state index contributed by atoms with van der Waals surface area (Å²) >= 11 is 0. The lowest BCUT2D eigenvalue weighted by atomic mass is 10.2. The number of sulfonamides is 1. The molecule has 6 heteroatoms. The molecule has 26 heavy (non-hydrogen) atoms. The molecule has 2 aromatic rings. The Kier molecular flexibility index (Phi) is 5.64. The van der Waals surface area contributed by atoms with Gasteiger partial charge in [-0.25, -0.2) is 8.42 Å². The molecule has 138 valence electrons. The number of fused-ring (bicyclic) bond motifs is 1. The predicted octanol–water partition coefficient (Wildman–Crippen LogP) is 3.21. The molecule has 0 N–H and O–H groups in total. The number of rotatable bonds is 6. The van der Waals surface area contributed by atoms with Crippen LogP contribution in [-0.4, -0.2) is 45.5 Å². The van der Waals surface area contributed by atoms with Gasteiger partial charge in [0.2, 0.25) is 10.0 Å². The Labute approximate surface area is 155 Å². The summed E-state index contributed by atoms with van der Waals surface area (Å²) in [6.45, 7) is 3.89. The summed E-state index contributed by atoms with van der Waals surface area (Å²) in [6, 6.07) is 17.2. The van der Waals surface area contributed by atoms with Crippen molar-refractivity contribution in [3.05, 3.63) is 65.6 Å². The van der Waals surface area contributed by atoms with Gasteiger partial charge in [-0.3, -0.25) is 0 Å². The van der Waals surface area contributed by atoms with Crippen molar-refractivity contribution in [2.24, 2.45) is 0 Å². The fourth-order valence-corrected chi connectivity index (χ4v) is 3.91. The van der Waals surface area contributed by atoms with Crippen LogP contribution in [0.5, 0.6) is 5.75 Å². The number of anilines is 1. The topological polar surface area (TPSA) is 49.9 Å². The van der Waals surface area contributed by atoms with E-state index in [2.05, 4.69) is 11.8 Å². The monoisotopic (exact) mass is 372 g/mol. The lowest BCUT2D eigenvalue weighted by Gasteiger charge is -2.36. The largest absolute Gasteiger partial charge is 0.485 e. The second-order valence-corrected chi connectivity index (χ2v) is 8.21. The van der Waals surface area contributed by atoms with Crippen LogP contribution in [0.2, 0.25) is 0 Å². The number of hydrogen-bond donors (Lipinski definition) is 0. The normalized spacial score (nSPS) is 17.3. The second-order valence-electron chi connectivity index (χ2n) is 6.29. The van der Waals surface area contributed by atoms with Gasteiger partial charge < -0.3 is 9.64 Å². The minimum Gasteiger partial charge on any atom is -0.485 e. The van der Waals surface area contributed by atoms with Gasteiger partial charge in [-0.2, -0.15) is 4.31 Å². The summed E-state index contributed by atoms with van der Waals surface area (Å²) in [5.41, 5.74) is 1.91. The molecule has 0 bridgehead atoms. The summed E-state index contributed by atoms with van der Waals surface area (Å²) < 4.78 is 32.5. The smallest absolute Gasteiger partial charge is 0.236 e. The van der Waals surface area contributed by atoms with Gasteiger partial charge >= 0.3 is 0 Å². The molecular weight excluding hydrogens is 348 g/mol. The average molecular weight is 372 g/mol. The molecular formula is C20H24N2O3S. The highest BCUT2D eigenvalue weighted by Gasteiger charge is 2.28. The summed E-state index contributed by atoms with van der Waals surface area (Å²) in [4.78, 5) is 2.21. The van der Waals surface area contributed by atoms with Crippen LogP contribution >= 0.6 is 0 Å². The van der Waals surface area contributed by atoms with E-state index in [9.17, 15) is 8.42 Å². The first kappa shape index (κ1) is 18.5. The highest BCUT2D eigenvalue weighted by molar-refractivity contribution is 7.92. The van der Waals surface area contributed by atoms with E-state index in [1.165, 1.54) is 9.71 Å². The Bertz CT molecular complexity index is 866. The third kappa shape index (κ3) is 4.26. The van der Waals surface area contributed by atoms with E-state index >= 15 is 0 Å². The first-order valence-corrected chi connectivity index (χ1v) is 10.2. The quantitative estimate of drug-likeness (QED) is 0.781. The van der Waals surface area contributed by atoms with Crippen LogP contribution in [0, 0.1) is 0 Å². The molecule has 0 fully saturated rings. The van der Waals surface area contributed by atoms with Crippen LogP contribution in [0.15, 0.2) is 60.0 Å². The van der Waals surface area contributed by atoms with Crippen molar-refractivity contribution in [2.45, 2.75) is 13.0 Å². The lowest BCUT2D eigenvalue weighted by molar-refractivity contribution is 0.172. The molecule has 1 heterocycles. The van der Waals surface area contributed by atoms with Crippen molar-refractivity contribution in [3.63, 3.8) is 0 Å². The number of likely N-dealkylation sites (N-methyl/N-ethyl adjacent to an activating group) is 2. The Morgan fingerprint density at radius 3 is 2.58 bits per heavy atom. The van der Waals surface area contributed by atoms with Gasteiger partial charge in [0.1, 0.15) is 11.9 Å². The fourth-order valence-electron chi connectivity index (χ4n) is 3.00. The molecule has 1 aliphatic rings. The minimum atomic E-state index is -3.51. The van der Waals surface area contributed by atoms with Crippen LogP contribution in [0.1, 0.15) is 12.5 Å². The number of benzene rings is 2. The number of hydrogen-bond acceptors (Lipinski definition) is 4. The van der Waals surface area contributed by atoms with Gasteiger partial charge in [0, 0.05) is 19.0 Å². The predicted molar refractivity (Wildman–Crippen MR) is 106 cm³/mol. The van der Waals surface area contributed by atoms with E-state index in [0.717, 1.165) is 23.5 Å². The molecule has 0 amide bonds. The molecule has 0 aromatic heterocycles. The third-order valence-electron chi connectivity index (χ3n) is 4.43. The first-order chi connectivity index (χ1) is 12.5. The van der Waals surface area contributed by atoms with Crippen molar-refractivity contribution < 1.29 is 13.2 Å². The zero-order chi connectivity index (χ0) is 18.6. The summed E-state index contributed by atoms with van der Waals surface area (Å²) in [5.74, 6) is 0.802. The van der Waals surface area contributed by atoms with Crippen LogP contribution in [0.3, 0.4) is 0 Å². The van der Waals surface area contributed by atoms with E-state index in [0.29, 0.717) is 13.1 Å². The molecule has 0 spiro atoms. The SMILES string of the molecule is CCN1C[C@@H](CN(C)S(=O)(=O)/C=C/c2ccccc2)Oc2ccccc21. The number of ether oxygens (including phenoxy) is 1. The van der Waals surface area contributed by atoms with Crippen molar-refractivity contribution in [1.29, 1.82) is 0 Å². The molecule has 0 saturated heterocycles. The molecule has 0 unspecified atom stereocenters. The van der Waals surface area contributed by atoms with Crippen LogP contribution in [0.25, 0.3) is 6.08 Å². The van der Waals surface area contributed by atoms with E-state index < -0.39 is 10.0 Å². The maximum atomic E-state index is 12.5. The highest BCUT2D eigenvalue weighted by atomic mass is 32.2. The summed E-state index contributed by atoms with van der Waals surface area (Å²) in [6.07, 6.45) is 1.40. The minimum absolute atomic E-state index is 0.213. The standard InChI is InChI=1S/C20H24N2O3S/c1-3-22-16-18(25-20-12-8-7-11-19(20)22)15-21(2)26(23,24)14-13-17-9-5-4-6-10-17/h4-14,18H,3,15-16H2,1-2H3/b14-13+/t18-/m1/s1. The van der Waals surface area contributed by atoms with Gasteiger partial charge in [-0.05, 0) is 30.7 Å². The van der Waals surface area contributed by atoms with Crippen LogP contribution in [0.4, 0.5) is 5.69 Å². The van der Waals surface area contributed by atoms with Crippen molar-refractivity contribution in [1.82, 2.24) is 4.31 Å². The Morgan fingerprint density at radius 2 is 1.85 bits per heavy atom. The molecule has 2 aromatic carbocycles. The third-order valence-corrected chi connectivity index (χ3v) is 5.93. The average Bonchev–Trinajstić information content (AvgIpc) is 2.66. The van der Waals surface area contributed by atoms with E-state index in [-0.39, 0.29) is 6.10 Å². The molecule has 3 rings (SSSR count). The van der Waals surface area contributed by atoms with Gasteiger partial charge in [-0.15, -0.1) is 0 Å². The van der Waals surface area contributed by atoms with Crippen molar-refractivity contribution in [3.8, 4) is 5.75 Å². The molecule has 5 nitrogen and oxygen atoms in total. The van der Waals surface area contributed by atoms with Gasteiger partial charge in [-0.1, -0.05) is 42.5 Å². The second kappa shape index (κ2) is 7.93. The molecule has 1 atom stereocenters. The molecule has 0 radical (unpaired) electrons.